The number of aliphatic imine (C=N–C) groups is 1. The van der Waals surface area contributed by atoms with Crippen LogP contribution in [-0.2, 0) is 17.9 Å². The average Bonchev–Trinajstić information content (AvgIpc) is 2.73. The number of ether oxygens (including phenoxy) is 1. The third kappa shape index (κ3) is 7.54. The molecule has 0 aliphatic heterocycles. The van der Waals surface area contributed by atoms with Crippen molar-refractivity contribution in [1.82, 2.24) is 15.5 Å². The van der Waals surface area contributed by atoms with Crippen molar-refractivity contribution in [3.8, 4) is 5.75 Å². The number of nitrogens with zero attached hydrogens (tertiary/aromatic N) is 2. The Hall–Kier alpha value is -2.82. The van der Waals surface area contributed by atoms with Gasteiger partial charge < -0.3 is 26.0 Å². The second-order valence-electron chi connectivity index (χ2n) is 6.41. The van der Waals surface area contributed by atoms with Crippen molar-refractivity contribution >= 4 is 41.8 Å². The van der Waals surface area contributed by atoms with E-state index >= 15 is 0 Å². The van der Waals surface area contributed by atoms with E-state index in [0.29, 0.717) is 18.7 Å². The van der Waals surface area contributed by atoms with E-state index in [1.807, 2.05) is 48.3 Å². The number of carbonyl (C=O) groups is 2. The van der Waals surface area contributed by atoms with Gasteiger partial charge in [0.25, 0.3) is 5.91 Å². The molecule has 0 spiro atoms. The maximum absolute atomic E-state index is 11.9. The third-order valence-electron chi connectivity index (χ3n) is 4.26. The summed E-state index contributed by atoms with van der Waals surface area (Å²) in [5, 5.41) is 5.76. The molecule has 0 fully saturated rings. The van der Waals surface area contributed by atoms with Crippen LogP contribution in [0, 0.1) is 0 Å². The summed E-state index contributed by atoms with van der Waals surface area (Å²) < 4.78 is 5.40. The summed E-state index contributed by atoms with van der Waals surface area (Å²) in [5.41, 5.74) is 7.55. The van der Waals surface area contributed by atoms with Gasteiger partial charge in [0.15, 0.2) is 5.96 Å². The minimum absolute atomic E-state index is 0. The summed E-state index contributed by atoms with van der Waals surface area (Å²) in [6.07, 6.45) is 0. The molecule has 0 saturated carbocycles. The zero-order valence-electron chi connectivity index (χ0n) is 17.3. The number of guanidine groups is 1. The van der Waals surface area contributed by atoms with E-state index in [2.05, 4.69) is 15.6 Å². The van der Waals surface area contributed by atoms with Crippen LogP contribution >= 0.6 is 24.0 Å². The lowest BCUT2D eigenvalue weighted by molar-refractivity contribution is -0.117. The molecule has 0 atom stereocenters. The van der Waals surface area contributed by atoms with Gasteiger partial charge in [-0.3, -0.25) is 14.6 Å². The van der Waals surface area contributed by atoms with E-state index in [-0.39, 0.29) is 36.4 Å². The molecule has 162 valence electrons. The molecule has 30 heavy (non-hydrogen) atoms. The van der Waals surface area contributed by atoms with Crippen LogP contribution in [0.1, 0.15) is 21.5 Å². The third-order valence-corrected chi connectivity index (χ3v) is 4.26. The first kappa shape index (κ1) is 25.2. The Balaban J connectivity index is 0.00000450. The Labute approximate surface area is 193 Å². The number of benzene rings is 2. The molecule has 8 nitrogen and oxygen atoms in total. The Bertz CT molecular complexity index is 871. The van der Waals surface area contributed by atoms with Gasteiger partial charge in [0.05, 0.1) is 13.7 Å². The molecule has 2 aromatic carbocycles. The fourth-order valence-corrected chi connectivity index (χ4v) is 2.77. The SMILES string of the molecule is CN=C(NCc1ccc(C(=O)NCC(N)=O)cc1)N(C)Cc1ccccc1OC.I. The fraction of sp³-hybridized carbons (Fsp3) is 0.286. The number of primary amides is 1. The fourth-order valence-electron chi connectivity index (χ4n) is 2.77. The Morgan fingerprint density at radius 1 is 1.10 bits per heavy atom. The number of methoxy groups -OCH3 is 1. The second-order valence-corrected chi connectivity index (χ2v) is 6.41. The summed E-state index contributed by atoms with van der Waals surface area (Å²) in [4.78, 5) is 29.0. The lowest BCUT2D eigenvalue weighted by Gasteiger charge is -2.23. The van der Waals surface area contributed by atoms with Gasteiger partial charge in [-0.15, -0.1) is 24.0 Å². The van der Waals surface area contributed by atoms with Crippen LogP contribution in [-0.4, -0.2) is 50.4 Å². The first-order chi connectivity index (χ1) is 13.9. The summed E-state index contributed by atoms with van der Waals surface area (Å²) >= 11 is 0. The molecule has 2 aromatic rings. The molecular formula is C21H28IN5O3. The van der Waals surface area contributed by atoms with Crippen LogP contribution < -0.4 is 21.1 Å². The van der Waals surface area contributed by atoms with E-state index in [9.17, 15) is 9.59 Å². The minimum atomic E-state index is -0.581. The minimum Gasteiger partial charge on any atom is -0.496 e. The highest BCUT2D eigenvalue weighted by Gasteiger charge is 2.10. The van der Waals surface area contributed by atoms with Gasteiger partial charge in [0.1, 0.15) is 5.75 Å². The number of carbonyl (C=O) groups excluding carboxylic acids is 2. The quantitative estimate of drug-likeness (QED) is 0.277. The molecular weight excluding hydrogens is 497 g/mol. The molecule has 4 N–H and O–H groups in total. The van der Waals surface area contributed by atoms with Crippen molar-refractivity contribution in [3.05, 3.63) is 65.2 Å². The number of hydrogen-bond donors (Lipinski definition) is 3. The van der Waals surface area contributed by atoms with Crippen LogP contribution in [0.4, 0.5) is 0 Å². The van der Waals surface area contributed by atoms with Crippen LogP contribution in [0.5, 0.6) is 5.75 Å². The maximum Gasteiger partial charge on any atom is 0.251 e. The van der Waals surface area contributed by atoms with E-state index in [1.165, 1.54) is 0 Å². The highest BCUT2D eigenvalue weighted by atomic mass is 127. The van der Waals surface area contributed by atoms with Gasteiger partial charge >= 0.3 is 0 Å². The van der Waals surface area contributed by atoms with Gasteiger partial charge in [-0.05, 0) is 23.8 Å². The monoisotopic (exact) mass is 525 g/mol. The van der Waals surface area contributed by atoms with Crippen molar-refractivity contribution in [2.24, 2.45) is 10.7 Å². The number of hydrogen-bond acceptors (Lipinski definition) is 4. The molecule has 9 heteroatoms. The van der Waals surface area contributed by atoms with Gasteiger partial charge in [0, 0.05) is 38.3 Å². The number of nitrogens with one attached hydrogen (secondary N) is 2. The molecule has 2 rings (SSSR count). The standard InChI is InChI=1S/C21H27N5O3.HI/c1-23-21(26(2)14-17-6-4-5-7-18(17)29-3)25-12-15-8-10-16(11-9-15)20(28)24-13-19(22)27;/h4-11H,12-14H2,1-3H3,(H2,22,27)(H,23,25)(H,24,28);1H. The summed E-state index contributed by atoms with van der Waals surface area (Å²) in [6.45, 7) is 1.01. The van der Waals surface area contributed by atoms with Crippen molar-refractivity contribution in [1.29, 1.82) is 0 Å². The van der Waals surface area contributed by atoms with Gasteiger partial charge in [-0.1, -0.05) is 30.3 Å². The van der Waals surface area contributed by atoms with E-state index in [1.54, 1.807) is 26.3 Å². The Morgan fingerprint density at radius 3 is 2.37 bits per heavy atom. The van der Waals surface area contributed by atoms with Gasteiger partial charge in [-0.25, -0.2) is 0 Å². The van der Waals surface area contributed by atoms with Crippen molar-refractivity contribution in [3.63, 3.8) is 0 Å². The highest BCUT2D eigenvalue weighted by Crippen LogP contribution is 2.18. The van der Waals surface area contributed by atoms with Crippen LogP contribution in [0.25, 0.3) is 0 Å². The lowest BCUT2D eigenvalue weighted by atomic mass is 10.1. The molecule has 0 aliphatic carbocycles. The Kier molecular flexibility index (Phi) is 10.7. The second kappa shape index (κ2) is 12.7. The molecule has 2 amide bonds. The van der Waals surface area contributed by atoms with Gasteiger partial charge in [0.2, 0.25) is 5.91 Å². The molecule has 0 unspecified atom stereocenters. The number of halogens is 1. The average molecular weight is 525 g/mol. The normalized spacial score (nSPS) is 10.6. The summed E-state index contributed by atoms with van der Waals surface area (Å²) in [7, 11) is 5.34. The topological polar surface area (TPSA) is 109 Å². The molecule has 0 aliphatic rings. The zero-order valence-corrected chi connectivity index (χ0v) is 19.7. The number of rotatable bonds is 8. The number of amides is 2. The summed E-state index contributed by atoms with van der Waals surface area (Å²) in [5.74, 6) is 0.651. The highest BCUT2D eigenvalue weighted by molar-refractivity contribution is 14.0. The predicted molar refractivity (Wildman–Crippen MR) is 128 cm³/mol. The van der Waals surface area contributed by atoms with E-state index in [4.69, 9.17) is 10.5 Å². The largest absolute Gasteiger partial charge is 0.496 e. The molecule has 0 saturated heterocycles. The maximum atomic E-state index is 11.9. The number of nitrogens with two attached hydrogens (primary N) is 1. The first-order valence-electron chi connectivity index (χ1n) is 9.13. The first-order valence-corrected chi connectivity index (χ1v) is 9.13. The molecule has 0 aromatic heterocycles. The predicted octanol–water partition coefficient (Wildman–Crippen LogP) is 1.74. The van der Waals surface area contributed by atoms with E-state index < -0.39 is 5.91 Å². The zero-order chi connectivity index (χ0) is 21.2. The van der Waals surface area contributed by atoms with E-state index in [0.717, 1.165) is 22.8 Å². The molecule has 0 heterocycles. The Morgan fingerprint density at radius 2 is 1.77 bits per heavy atom. The number of para-hydroxylation sites is 1. The molecule has 0 bridgehead atoms. The summed E-state index contributed by atoms with van der Waals surface area (Å²) in [6, 6.07) is 15.0. The van der Waals surface area contributed by atoms with Crippen molar-refractivity contribution < 1.29 is 14.3 Å². The van der Waals surface area contributed by atoms with Crippen LogP contribution in [0.3, 0.4) is 0 Å². The van der Waals surface area contributed by atoms with Crippen molar-refractivity contribution in [2.75, 3.05) is 27.7 Å². The van der Waals surface area contributed by atoms with Crippen LogP contribution in [0.15, 0.2) is 53.5 Å². The lowest BCUT2D eigenvalue weighted by Crippen LogP contribution is -2.38. The van der Waals surface area contributed by atoms with Crippen LogP contribution in [0.2, 0.25) is 0 Å². The van der Waals surface area contributed by atoms with Crippen molar-refractivity contribution in [2.45, 2.75) is 13.1 Å². The van der Waals surface area contributed by atoms with Gasteiger partial charge in [-0.2, -0.15) is 0 Å². The molecule has 0 radical (unpaired) electrons. The smallest absolute Gasteiger partial charge is 0.251 e.